The van der Waals surface area contributed by atoms with Gasteiger partial charge in [0.1, 0.15) is 0 Å². The molecular formula is C22H20N6OS. The molecule has 1 atom stereocenters. The predicted octanol–water partition coefficient (Wildman–Crippen LogP) is 4.15. The third-order valence-electron chi connectivity index (χ3n) is 4.41. The summed E-state index contributed by atoms with van der Waals surface area (Å²) in [6.45, 7) is 3.86. The maximum atomic E-state index is 12.6. The van der Waals surface area contributed by atoms with Crippen molar-refractivity contribution in [1.82, 2.24) is 24.7 Å². The Labute approximate surface area is 178 Å². The Morgan fingerprint density at radius 1 is 0.967 bits per heavy atom. The van der Waals surface area contributed by atoms with Crippen molar-refractivity contribution >= 4 is 23.6 Å². The number of thioether (sulfide) groups is 1. The highest BCUT2D eigenvalue weighted by Gasteiger charge is 2.22. The SMILES string of the molecule is Cc1ccc(-n2c(SC(C)C(=O)Nc3ncccn3)nnc2-c2ccccc2)cc1. The number of amides is 1. The lowest BCUT2D eigenvalue weighted by Gasteiger charge is -2.13. The van der Waals surface area contributed by atoms with Crippen molar-refractivity contribution in [2.75, 3.05) is 5.32 Å². The van der Waals surface area contributed by atoms with Crippen molar-refractivity contribution < 1.29 is 4.79 Å². The molecule has 2 aromatic carbocycles. The molecule has 1 unspecified atom stereocenters. The van der Waals surface area contributed by atoms with E-state index in [0.717, 1.165) is 22.6 Å². The molecular weight excluding hydrogens is 396 g/mol. The number of hydrogen-bond acceptors (Lipinski definition) is 6. The fourth-order valence-corrected chi connectivity index (χ4v) is 3.70. The van der Waals surface area contributed by atoms with Gasteiger partial charge in [-0.15, -0.1) is 10.2 Å². The lowest BCUT2D eigenvalue weighted by atomic mass is 10.2. The first-order valence-electron chi connectivity index (χ1n) is 9.44. The number of anilines is 1. The highest BCUT2D eigenvalue weighted by Crippen LogP contribution is 2.30. The van der Waals surface area contributed by atoms with E-state index in [0.29, 0.717) is 5.16 Å². The number of hydrogen-bond donors (Lipinski definition) is 1. The second kappa shape index (κ2) is 8.87. The van der Waals surface area contributed by atoms with Gasteiger partial charge in [0.2, 0.25) is 11.9 Å². The summed E-state index contributed by atoms with van der Waals surface area (Å²) in [5, 5.41) is 11.7. The maximum absolute atomic E-state index is 12.6. The summed E-state index contributed by atoms with van der Waals surface area (Å²) >= 11 is 1.33. The highest BCUT2D eigenvalue weighted by atomic mass is 32.2. The van der Waals surface area contributed by atoms with Gasteiger partial charge in [-0.3, -0.25) is 14.7 Å². The normalized spacial score (nSPS) is 11.8. The molecule has 2 aromatic heterocycles. The highest BCUT2D eigenvalue weighted by molar-refractivity contribution is 8.00. The lowest BCUT2D eigenvalue weighted by Crippen LogP contribution is -2.24. The van der Waals surface area contributed by atoms with Crippen molar-refractivity contribution in [2.24, 2.45) is 0 Å². The quantitative estimate of drug-likeness (QED) is 0.475. The Kier molecular flexibility index (Phi) is 5.85. The molecule has 0 fully saturated rings. The first-order chi connectivity index (χ1) is 14.6. The summed E-state index contributed by atoms with van der Waals surface area (Å²) in [4.78, 5) is 20.7. The van der Waals surface area contributed by atoms with Gasteiger partial charge in [0.25, 0.3) is 0 Å². The zero-order valence-corrected chi connectivity index (χ0v) is 17.4. The monoisotopic (exact) mass is 416 g/mol. The first-order valence-corrected chi connectivity index (χ1v) is 10.3. The molecule has 0 saturated carbocycles. The zero-order valence-electron chi connectivity index (χ0n) is 16.6. The summed E-state index contributed by atoms with van der Waals surface area (Å²) in [5.41, 5.74) is 3.05. The topological polar surface area (TPSA) is 85.6 Å². The molecule has 2 heterocycles. The largest absolute Gasteiger partial charge is 0.294 e. The summed E-state index contributed by atoms with van der Waals surface area (Å²) in [6.07, 6.45) is 3.17. The van der Waals surface area contributed by atoms with Crippen molar-refractivity contribution in [3.05, 3.63) is 78.6 Å². The third-order valence-corrected chi connectivity index (χ3v) is 5.45. The number of benzene rings is 2. The van der Waals surface area contributed by atoms with Crippen LogP contribution in [0.2, 0.25) is 0 Å². The molecule has 1 N–H and O–H groups in total. The van der Waals surface area contributed by atoms with Crippen molar-refractivity contribution in [3.8, 4) is 17.1 Å². The Morgan fingerprint density at radius 3 is 2.37 bits per heavy atom. The second-order valence-electron chi connectivity index (χ2n) is 6.66. The molecule has 0 bridgehead atoms. The van der Waals surface area contributed by atoms with E-state index in [4.69, 9.17) is 0 Å². The minimum Gasteiger partial charge on any atom is -0.294 e. The van der Waals surface area contributed by atoms with Gasteiger partial charge in [-0.25, -0.2) is 9.97 Å². The Balaban J connectivity index is 1.65. The fourth-order valence-electron chi connectivity index (χ4n) is 2.83. The fraction of sp³-hybridized carbons (Fsp3) is 0.136. The number of nitrogens with zero attached hydrogens (tertiary/aromatic N) is 5. The molecule has 0 saturated heterocycles. The maximum Gasteiger partial charge on any atom is 0.240 e. The van der Waals surface area contributed by atoms with E-state index in [-0.39, 0.29) is 11.9 Å². The van der Waals surface area contributed by atoms with Gasteiger partial charge in [0.05, 0.1) is 5.25 Å². The molecule has 1 amide bonds. The van der Waals surface area contributed by atoms with Crippen LogP contribution >= 0.6 is 11.8 Å². The van der Waals surface area contributed by atoms with Crippen molar-refractivity contribution in [1.29, 1.82) is 0 Å². The molecule has 0 aliphatic heterocycles. The molecule has 0 aliphatic carbocycles. The number of carbonyl (C=O) groups excluding carboxylic acids is 1. The van der Waals surface area contributed by atoms with Gasteiger partial charge in [0, 0.05) is 23.6 Å². The Morgan fingerprint density at radius 2 is 1.67 bits per heavy atom. The van der Waals surface area contributed by atoms with E-state index in [1.165, 1.54) is 11.8 Å². The average molecular weight is 417 g/mol. The van der Waals surface area contributed by atoms with Gasteiger partial charge in [-0.1, -0.05) is 59.8 Å². The third kappa shape index (κ3) is 4.38. The molecule has 0 radical (unpaired) electrons. The van der Waals surface area contributed by atoms with Gasteiger partial charge in [-0.2, -0.15) is 0 Å². The zero-order chi connectivity index (χ0) is 20.9. The number of carbonyl (C=O) groups is 1. The van der Waals surface area contributed by atoms with E-state index in [9.17, 15) is 4.79 Å². The molecule has 7 nitrogen and oxygen atoms in total. The summed E-state index contributed by atoms with van der Waals surface area (Å²) in [6, 6.07) is 19.7. The molecule has 0 aliphatic rings. The van der Waals surface area contributed by atoms with Crippen LogP contribution in [-0.2, 0) is 4.79 Å². The van der Waals surface area contributed by atoms with Crippen LogP contribution in [0, 0.1) is 6.92 Å². The van der Waals surface area contributed by atoms with E-state index in [1.807, 2.05) is 73.0 Å². The number of aryl methyl sites for hydroxylation is 1. The second-order valence-corrected chi connectivity index (χ2v) is 7.97. The summed E-state index contributed by atoms with van der Waals surface area (Å²) in [7, 11) is 0. The van der Waals surface area contributed by atoms with E-state index in [1.54, 1.807) is 18.5 Å². The molecule has 30 heavy (non-hydrogen) atoms. The van der Waals surface area contributed by atoms with E-state index in [2.05, 4.69) is 25.5 Å². The van der Waals surface area contributed by atoms with Crippen LogP contribution in [0.4, 0.5) is 5.95 Å². The number of rotatable bonds is 6. The van der Waals surface area contributed by atoms with Crippen LogP contribution in [0.5, 0.6) is 0 Å². The van der Waals surface area contributed by atoms with Gasteiger partial charge in [-0.05, 0) is 32.0 Å². The Hall–Kier alpha value is -3.52. The van der Waals surface area contributed by atoms with Gasteiger partial charge in [0.15, 0.2) is 11.0 Å². The van der Waals surface area contributed by atoms with E-state index >= 15 is 0 Å². The molecule has 4 aromatic rings. The van der Waals surface area contributed by atoms with Gasteiger partial charge < -0.3 is 0 Å². The van der Waals surface area contributed by atoms with Crippen molar-refractivity contribution in [2.45, 2.75) is 24.3 Å². The van der Waals surface area contributed by atoms with Gasteiger partial charge >= 0.3 is 0 Å². The summed E-state index contributed by atoms with van der Waals surface area (Å²) < 4.78 is 1.97. The van der Waals surface area contributed by atoms with Crippen LogP contribution in [0.25, 0.3) is 17.1 Å². The van der Waals surface area contributed by atoms with Crippen LogP contribution in [0.15, 0.2) is 78.2 Å². The van der Waals surface area contributed by atoms with E-state index < -0.39 is 5.25 Å². The minimum atomic E-state index is -0.425. The van der Waals surface area contributed by atoms with Crippen LogP contribution in [-0.4, -0.2) is 35.9 Å². The summed E-state index contributed by atoms with van der Waals surface area (Å²) in [5.74, 6) is 0.798. The molecule has 8 heteroatoms. The van der Waals surface area contributed by atoms with Crippen LogP contribution in [0.3, 0.4) is 0 Å². The van der Waals surface area contributed by atoms with Crippen molar-refractivity contribution in [3.63, 3.8) is 0 Å². The average Bonchev–Trinajstić information content (AvgIpc) is 3.19. The van der Waals surface area contributed by atoms with Crippen LogP contribution < -0.4 is 5.32 Å². The predicted molar refractivity (Wildman–Crippen MR) is 118 cm³/mol. The molecule has 0 spiro atoms. The smallest absolute Gasteiger partial charge is 0.240 e. The molecule has 4 rings (SSSR count). The molecule has 150 valence electrons. The standard InChI is InChI=1S/C22H20N6OS/c1-15-9-11-18(12-10-15)28-19(17-7-4-3-5-8-17)26-27-22(28)30-16(2)20(29)25-21-23-13-6-14-24-21/h3-14,16H,1-2H3,(H,23,24,25,29). The first kappa shape index (κ1) is 19.8. The number of aromatic nitrogens is 5. The lowest BCUT2D eigenvalue weighted by molar-refractivity contribution is -0.115. The van der Waals surface area contributed by atoms with Crippen LogP contribution in [0.1, 0.15) is 12.5 Å². The number of nitrogens with one attached hydrogen (secondary N) is 1. The Bertz CT molecular complexity index is 1130. The minimum absolute atomic E-state index is 0.203.